The van der Waals surface area contributed by atoms with Gasteiger partial charge < -0.3 is 5.73 Å². The Kier molecular flexibility index (Phi) is 4.33. The molecule has 0 aliphatic rings. The summed E-state index contributed by atoms with van der Waals surface area (Å²) in [4.78, 5) is 5.58. The fourth-order valence-electron chi connectivity index (χ4n) is 1.70. The van der Waals surface area contributed by atoms with Crippen molar-refractivity contribution in [3.63, 3.8) is 0 Å². The van der Waals surface area contributed by atoms with Gasteiger partial charge in [0.25, 0.3) is 0 Å². The highest BCUT2D eigenvalue weighted by Gasteiger charge is 2.11. The highest BCUT2D eigenvalue weighted by molar-refractivity contribution is 7.99. The van der Waals surface area contributed by atoms with E-state index in [4.69, 9.17) is 5.73 Å². The first-order valence-electron chi connectivity index (χ1n) is 5.77. The lowest BCUT2D eigenvalue weighted by Crippen LogP contribution is -2.18. The fraction of sp³-hybridized carbons (Fsp3) is 0.214. The lowest BCUT2D eigenvalue weighted by Gasteiger charge is -2.12. The van der Waals surface area contributed by atoms with Gasteiger partial charge in [0.15, 0.2) is 0 Å². The van der Waals surface area contributed by atoms with Crippen molar-refractivity contribution in [1.29, 1.82) is 0 Å². The minimum Gasteiger partial charge on any atom is -0.328 e. The third kappa shape index (κ3) is 3.31. The Morgan fingerprint density at radius 1 is 1.28 bits per heavy atom. The first-order valence-corrected chi connectivity index (χ1v) is 6.59. The minimum atomic E-state index is -0.199. The summed E-state index contributed by atoms with van der Waals surface area (Å²) in [5.41, 5.74) is 6.75. The van der Waals surface area contributed by atoms with Gasteiger partial charge in [-0.2, -0.15) is 0 Å². The molecule has 4 heteroatoms. The molecule has 0 aliphatic carbocycles. The number of benzene rings is 1. The van der Waals surface area contributed by atoms with Crippen LogP contribution < -0.4 is 5.73 Å². The maximum atomic E-state index is 13.9. The number of aromatic nitrogens is 1. The summed E-state index contributed by atoms with van der Waals surface area (Å²) in [6.07, 6.45) is 4.08. The number of pyridine rings is 1. The summed E-state index contributed by atoms with van der Waals surface area (Å²) in [6.45, 7) is 1.92. The predicted octanol–water partition coefficient (Wildman–Crippen LogP) is 3.26. The first kappa shape index (κ1) is 13.1. The smallest absolute Gasteiger partial charge is 0.137 e. The average Bonchev–Trinajstić information content (AvgIpc) is 2.34. The quantitative estimate of drug-likeness (QED) is 0.919. The molecule has 0 saturated heterocycles. The average molecular weight is 262 g/mol. The molecule has 2 rings (SSSR count). The molecular formula is C14H15FN2S. The van der Waals surface area contributed by atoms with Gasteiger partial charge in [0, 0.05) is 23.3 Å². The van der Waals surface area contributed by atoms with Crippen LogP contribution in [0, 0.1) is 5.82 Å². The Hall–Kier alpha value is -1.39. The Labute approximate surface area is 110 Å². The second-order valence-electron chi connectivity index (χ2n) is 4.19. The zero-order valence-electron chi connectivity index (χ0n) is 10.1. The lowest BCUT2D eigenvalue weighted by molar-refractivity contribution is 0.593. The molecule has 1 heterocycles. The summed E-state index contributed by atoms with van der Waals surface area (Å²) in [6, 6.07) is 8.89. The Bertz CT molecular complexity index is 514. The van der Waals surface area contributed by atoms with Gasteiger partial charge in [-0.3, -0.25) is 4.98 Å². The standard InChI is InChI=1S/C14H15FN2S/c1-10(16)9-11-3-2-4-13(15)14(11)18-12-5-7-17-8-6-12/h2-8,10H,9,16H2,1H3. The van der Waals surface area contributed by atoms with E-state index in [2.05, 4.69) is 4.98 Å². The van der Waals surface area contributed by atoms with Crippen molar-refractivity contribution in [1.82, 2.24) is 4.98 Å². The SMILES string of the molecule is CC(N)Cc1cccc(F)c1Sc1ccncc1. The topological polar surface area (TPSA) is 38.9 Å². The number of hydrogen-bond donors (Lipinski definition) is 1. The highest BCUT2D eigenvalue weighted by atomic mass is 32.2. The van der Waals surface area contributed by atoms with Crippen molar-refractivity contribution in [2.45, 2.75) is 29.2 Å². The zero-order chi connectivity index (χ0) is 13.0. The predicted molar refractivity (Wildman–Crippen MR) is 72.1 cm³/mol. The van der Waals surface area contributed by atoms with E-state index in [9.17, 15) is 4.39 Å². The molecule has 0 saturated carbocycles. The van der Waals surface area contributed by atoms with Crippen LogP contribution in [-0.4, -0.2) is 11.0 Å². The number of halogens is 1. The van der Waals surface area contributed by atoms with E-state index in [-0.39, 0.29) is 11.9 Å². The van der Waals surface area contributed by atoms with E-state index >= 15 is 0 Å². The summed E-state index contributed by atoms with van der Waals surface area (Å²) >= 11 is 1.41. The molecule has 94 valence electrons. The van der Waals surface area contributed by atoms with Crippen LogP contribution >= 0.6 is 11.8 Å². The molecule has 2 nitrogen and oxygen atoms in total. The van der Waals surface area contributed by atoms with Gasteiger partial charge in [-0.25, -0.2) is 4.39 Å². The van der Waals surface area contributed by atoms with Gasteiger partial charge >= 0.3 is 0 Å². The Morgan fingerprint density at radius 3 is 2.67 bits per heavy atom. The summed E-state index contributed by atoms with van der Waals surface area (Å²) < 4.78 is 13.9. The molecule has 2 aromatic rings. The second-order valence-corrected chi connectivity index (χ2v) is 5.28. The van der Waals surface area contributed by atoms with Gasteiger partial charge in [-0.1, -0.05) is 23.9 Å². The normalized spacial score (nSPS) is 12.4. The fourth-order valence-corrected chi connectivity index (χ4v) is 2.64. The van der Waals surface area contributed by atoms with Crippen LogP contribution in [0.5, 0.6) is 0 Å². The molecule has 0 bridgehead atoms. The third-order valence-corrected chi connectivity index (χ3v) is 3.63. The van der Waals surface area contributed by atoms with Crippen molar-refractivity contribution >= 4 is 11.8 Å². The van der Waals surface area contributed by atoms with Gasteiger partial charge in [-0.15, -0.1) is 0 Å². The molecule has 18 heavy (non-hydrogen) atoms. The van der Waals surface area contributed by atoms with Crippen LogP contribution in [0.1, 0.15) is 12.5 Å². The highest BCUT2D eigenvalue weighted by Crippen LogP contribution is 2.32. The molecule has 1 unspecified atom stereocenters. The van der Waals surface area contributed by atoms with E-state index in [0.29, 0.717) is 11.3 Å². The van der Waals surface area contributed by atoms with Gasteiger partial charge in [0.1, 0.15) is 5.82 Å². The molecule has 1 aromatic heterocycles. The minimum absolute atomic E-state index is 0.0172. The van der Waals surface area contributed by atoms with Crippen molar-refractivity contribution in [3.8, 4) is 0 Å². The largest absolute Gasteiger partial charge is 0.328 e. The van der Waals surface area contributed by atoms with Gasteiger partial charge in [0.05, 0.1) is 4.90 Å². The number of rotatable bonds is 4. The summed E-state index contributed by atoms with van der Waals surface area (Å²) in [7, 11) is 0. The maximum Gasteiger partial charge on any atom is 0.137 e. The van der Waals surface area contributed by atoms with E-state index in [1.807, 2.05) is 25.1 Å². The van der Waals surface area contributed by atoms with Crippen molar-refractivity contribution in [2.75, 3.05) is 0 Å². The third-order valence-electron chi connectivity index (χ3n) is 2.46. The van der Waals surface area contributed by atoms with Crippen molar-refractivity contribution < 1.29 is 4.39 Å². The number of nitrogens with two attached hydrogens (primary N) is 1. The monoisotopic (exact) mass is 262 g/mol. The van der Waals surface area contributed by atoms with E-state index in [1.165, 1.54) is 17.8 Å². The van der Waals surface area contributed by atoms with Crippen LogP contribution in [0.15, 0.2) is 52.5 Å². The molecule has 0 aliphatic heterocycles. The summed E-state index contributed by atoms with van der Waals surface area (Å²) in [5, 5.41) is 0. The van der Waals surface area contributed by atoms with Crippen LogP contribution in [0.25, 0.3) is 0 Å². The van der Waals surface area contributed by atoms with E-state index in [1.54, 1.807) is 18.5 Å². The maximum absolute atomic E-state index is 13.9. The van der Waals surface area contributed by atoms with E-state index in [0.717, 1.165) is 10.5 Å². The van der Waals surface area contributed by atoms with Gasteiger partial charge in [0.2, 0.25) is 0 Å². The van der Waals surface area contributed by atoms with E-state index < -0.39 is 0 Å². The zero-order valence-corrected chi connectivity index (χ0v) is 11.0. The molecular weight excluding hydrogens is 247 g/mol. The van der Waals surface area contributed by atoms with Crippen LogP contribution in [-0.2, 0) is 6.42 Å². The number of hydrogen-bond acceptors (Lipinski definition) is 3. The molecule has 0 amide bonds. The van der Waals surface area contributed by atoms with Crippen molar-refractivity contribution in [2.24, 2.45) is 5.73 Å². The Balaban J connectivity index is 2.31. The second kappa shape index (κ2) is 5.98. The molecule has 1 aromatic carbocycles. The summed E-state index contributed by atoms with van der Waals surface area (Å²) in [5.74, 6) is -0.199. The molecule has 1 atom stereocenters. The van der Waals surface area contributed by atoms with Gasteiger partial charge in [-0.05, 0) is 37.1 Å². The Morgan fingerprint density at radius 2 is 2.00 bits per heavy atom. The lowest BCUT2D eigenvalue weighted by atomic mass is 10.1. The molecule has 0 radical (unpaired) electrons. The van der Waals surface area contributed by atoms with Crippen molar-refractivity contribution in [3.05, 3.63) is 54.1 Å². The first-order chi connectivity index (χ1) is 8.66. The molecule has 2 N–H and O–H groups in total. The van der Waals surface area contributed by atoms with Crippen LogP contribution in [0.4, 0.5) is 4.39 Å². The molecule has 0 spiro atoms. The number of nitrogens with zero attached hydrogens (tertiary/aromatic N) is 1. The van der Waals surface area contributed by atoms with Crippen LogP contribution in [0.2, 0.25) is 0 Å². The molecule has 0 fully saturated rings. The van der Waals surface area contributed by atoms with Crippen LogP contribution in [0.3, 0.4) is 0 Å².